The molecule has 3 aromatic rings. The number of fused-ring (bicyclic) bond motifs is 1. The molecule has 0 aliphatic heterocycles. The molecule has 0 unspecified atom stereocenters. The van der Waals surface area contributed by atoms with Gasteiger partial charge >= 0.3 is 0 Å². The fourth-order valence-corrected chi connectivity index (χ4v) is 1.99. The highest BCUT2D eigenvalue weighted by Crippen LogP contribution is 2.30. The lowest BCUT2D eigenvalue weighted by Gasteiger charge is -2.10. The number of aromatic nitrogens is 1. The predicted molar refractivity (Wildman–Crippen MR) is 73.3 cm³/mol. The van der Waals surface area contributed by atoms with Crippen LogP contribution in [0.15, 0.2) is 53.3 Å². The second kappa shape index (κ2) is 5.12. The van der Waals surface area contributed by atoms with Crippen LogP contribution < -0.4 is 10.1 Å². The van der Waals surface area contributed by atoms with Crippen molar-refractivity contribution in [1.82, 2.24) is 10.3 Å². The molecule has 0 saturated heterocycles. The molecule has 3 rings (SSSR count). The quantitative estimate of drug-likeness (QED) is 0.775. The standard InChI is InChI=1S/C15H14N2O2/c1-16-10-11-4-2-3-5-13(11)19-15-12-7-9-18-14(12)6-8-17-15/h2-9,16H,10H2,1H3. The summed E-state index contributed by atoms with van der Waals surface area (Å²) >= 11 is 0. The number of benzene rings is 1. The van der Waals surface area contributed by atoms with Crippen molar-refractivity contribution in [3.05, 3.63) is 54.4 Å². The number of hydrogen-bond donors (Lipinski definition) is 1. The van der Waals surface area contributed by atoms with Crippen LogP contribution in [0.1, 0.15) is 5.56 Å². The maximum Gasteiger partial charge on any atom is 0.230 e. The first-order valence-electron chi connectivity index (χ1n) is 6.11. The molecule has 4 heteroatoms. The van der Waals surface area contributed by atoms with Crippen LogP contribution in [0, 0.1) is 0 Å². The lowest BCUT2D eigenvalue weighted by atomic mass is 10.2. The van der Waals surface area contributed by atoms with E-state index < -0.39 is 0 Å². The van der Waals surface area contributed by atoms with E-state index in [9.17, 15) is 0 Å². The van der Waals surface area contributed by atoms with E-state index in [0.717, 1.165) is 28.8 Å². The van der Waals surface area contributed by atoms with Crippen LogP contribution in [0.3, 0.4) is 0 Å². The van der Waals surface area contributed by atoms with Crippen LogP contribution in [0.4, 0.5) is 0 Å². The molecule has 1 N–H and O–H groups in total. The highest BCUT2D eigenvalue weighted by Gasteiger charge is 2.09. The Morgan fingerprint density at radius 3 is 3.00 bits per heavy atom. The SMILES string of the molecule is CNCc1ccccc1Oc1nccc2occc12. The lowest BCUT2D eigenvalue weighted by molar-refractivity contribution is 0.461. The molecule has 0 saturated carbocycles. The zero-order valence-corrected chi connectivity index (χ0v) is 10.6. The molecule has 4 nitrogen and oxygen atoms in total. The number of pyridine rings is 1. The Morgan fingerprint density at radius 1 is 1.21 bits per heavy atom. The minimum atomic E-state index is 0.565. The average Bonchev–Trinajstić information content (AvgIpc) is 2.91. The first-order chi connectivity index (χ1) is 9.38. The Bertz CT molecular complexity index is 691. The molecule has 0 aliphatic rings. The van der Waals surface area contributed by atoms with Crippen molar-refractivity contribution < 1.29 is 9.15 Å². The molecule has 0 spiro atoms. The van der Waals surface area contributed by atoms with Gasteiger partial charge in [-0.1, -0.05) is 18.2 Å². The zero-order valence-electron chi connectivity index (χ0n) is 10.6. The summed E-state index contributed by atoms with van der Waals surface area (Å²) in [6, 6.07) is 11.6. The molecule has 96 valence electrons. The van der Waals surface area contributed by atoms with Crippen LogP contribution in [0.25, 0.3) is 11.0 Å². The van der Waals surface area contributed by atoms with E-state index >= 15 is 0 Å². The summed E-state index contributed by atoms with van der Waals surface area (Å²) in [7, 11) is 1.91. The van der Waals surface area contributed by atoms with E-state index in [0.29, 0.717) is 5.88 Å². The van der Waals surface area contributed by atoms with Gasteiger partial charge in [0.15, 0.2) is 0 Å². The summed E-state index contributed by atoms with van der Waals surface area (Å²) in [5, 5.41) is 4.00. The number of para-hydroxylation sites is 1. The average molecular weight is 254 g/mol. The summed E-state index contributed by atoms with van der Waals surface area (Å²) in [5.41, 5.74) is 1.86. The monoisotopic (exact) mass is 254 g/mol. The third kappa shape index (κ3) is 2.30. The highest BCUT2D eigenvalue weighted by atomic mass is 16.5. The summed E-state index contributed by atoms with van der Waals surface area (Å²) < 4.78 is 11.3. The molecule has 0 aliphatic carbocycles. The topological polar surface area (TPSA) is 47.3 Å². The molecular formula is C15H14N2O2. The largest absolute Gasteiger partial charge is 0.464 e. The van der Waals surface area contributed by atoms with Crippen LogP contribution in [-0.4, -0.2) is 12.0 Å². The van der Waals surface area contributed by atoms with E-state index in [1.807, 2.05) is 43.4 Å². The van der Waals surface area contributed by atoms with E-state index in [2.05, 4.69) is 10.3 Å². The van der Waals surface area contributed by atoms with Gasteiger partial charge in [-0.3, -0.25) is 0 Å². The van der Waals surface area contributed by atoms with E-state index in [1.54, 1.807) is 12.5 Å². The maximum atomic E-state index is 5.92. The van der Waals surface area contributed by atoms with E-state index in [1.165, 1.54) is 0 Å². The number of furan rings is 1. The van der Waals surface area contributed by atoms with Gasteiger partial charge in [-0.2, -0.15) is 0 Å². The van der Waals surface area contributed by atoms with Gasteiger partial charge in [0.2, 0.25) is 5.88 Å². The molecule has 2 aromatic heterocycles. The number of nitrogens with one attached hydrogen (secondary N) is 1. The van der Waals surface area contributed by atoms with E-state index in [4.69, 9.17) is 9.15 Å². The van der Waals surface area contributed by atoms with Crippen molar-refractivity contribution in [2.45, 2.75) is 6.54 Å². The van der Waals surface area contributed by atoms with Crippen molar-refractivity contribution in [3.8, 4) is 11.6 Å². The Balaban J connectivity index is 1.99. The maximum absolute atomic E-state index is 5.92. The smallest absolute Gasteiger partial charge is 0.230 e. The third-order valence-electron chi connectivity index (χ3n) is 2.89. The molecule has 0 bridgehead atoms. The normalized spacial score (nSPS) is 10.8. The van der Waals surface area contributed by atoms with Crippen molar-refractivity contribution in [2.75, 3.05) is 7.05 Å². The first-order valence-corrected chi connectivity index (χ1v) is 6.11. The molecule has 19 heavy (non-hydrogen) atoms. The van der Waals surface area contributed by atoms with Crippen molar-refractivity contribution >= 4 is 11.0 Å². The zero-order chi connectivity index (χ0) is 13.1. The minimum Gasteiger partial charge on any atom is -0.464 e. The van der Waals surface area contributed by atoms with Gasteiger partial charge in [0, 0.05) is 18.3 Å². The van der Waals surface area contributed by atoms with E-state index in [-0.39, 0.29) is 0 Å². The van der Waals surface area contributed by atoms with Gasteiger partial charge in [-0.25, -0.2) is 4.98 Å². The molecule has 0 radical (unpaired) electrons. The fraction of sp³-hybridized carbons (Fsp3) is 0.133. The van der Waals surface area contributed by atoms with Gasteiger partial charge in [0.1, 0.15) is 11.3 Å². The number of ether oxygens (including phenoxy) is 1. The van der Waals surface area contributed by atoms with Gasteiger partial charge in [-0.15, -0.1) is 0 Å². The highest BCUT2D eigenvalue weighted by molar-refractivity contribution is 5.82. The molecule has 0 atom stereocenters. The molecule has 0 amide bonds. The molecule has 1 aromatic carbocycles. The van der Waals surface area contributed by atoms with Gasteiger partial charge in [0.05, 0.1) is 11.6 Å². The van der Waals surface area contributed by atoms with Gasteiger partial charge in [-0.05, 0) is 25.2 Å². The van der Waals surface area contributed by atoms with Crippen molar-refractivity contribution in [2.24, 2.45) is 0 Å². The van der Waals surface area contributed by atoms with Crippen LogP contribution in [0.2, 0.25) is 0 Å². The Morgan fingerprint density at radius 2 is 2.11 bits per heavy atom. The fourth-order valence-electron chi connectivity index (χ4n) is 1.99. The van der Waals surface area contributed by atoms with Gasteiger partial charge < -0.3 is 14.5 Å². The molecule has 0 fully saturated rings. The van der Waals surface area contributed by atoms with Gasteiger partial charge in [0.25, 0.3) is 0 Å². The summed E-state index contributed by atoms with van der Waals surface area (Å²) in [5.74, 6) is 1.37. The first kappa shape index (κ1) is 11.7. The van der Waals surface area contributed by atoms with Crippen LogP contribution in [-0.2, 0) is 6.54 Å². The summed E-state index contributed by atoms with van der Waals surface area (Å²) in [4.78, 5) is 4.27. The summed E-state index contributed by atoms with van der Waals surface area (Å²) in [6.45, 7) is 0.748. The predicted octanol–water partition coefficient (Wildman–Crippen LogP) is 3.34. The van der Waals surface area contributed by atoms with Crippen LogP contribution in [0.5, 0.6) is 11.6 Å². The second-order valence-electron chi connectivity index (χ2n) is 4.19. The third-order valence-corrected chi connectivity index (χ3v) is 2.89. The number of hydrogen-bond acceptors (Lipinski definition) is 4. The van der Waals surface area contributed by atoms with Crippen molar-refractivity contribution in [1.29, 1.82) is 0 Å². The molecule has 2 heterocycles. The minimum absolute atomic E-state index is 0.565. The summed E-state index contributed by atoms with van der Waals surface area (Å²) in [6.07, 6.45) is 3.32. The lowest BCUT2D eigenvalue weighted by Crippen LogP contribution is -2.06. The second-order valence-corrected chi connectivity index (χ2v) is 4.19. The van der Waals surface area contributed by atoms with Crippen molar-refractivity contribution in [3.63, 3.8) is 0 Å². The number of nitrogens with zero attached hydrogens (tertiary/aromatic N) is 1. The Labute approximate surface area is 111 Å². The Kier molecular flexibility index (Phi) is 3.16. The molecular weight excluding hydrogens is 240 g/mol. The number of rotatable bonds is 4. The van der Waals surface area contributed by atoms with Crippen LogP contribution >= 0.6 is 0 Å². The Hall–Kier alpha value is -2.33.